The Labute approximate surface area is 142 Å². The summed E-state index contributed by atoms with van der Waals surface area (Å²) in [5.41, 5.74) is -3.93. The van der Waals surface area contributed by atoms with Crippen LogP contribution in [0.2, 0.25) is 0 Å². The number of piperidine rings is 1. The normalized spacial score (nSPS) is 31.3. The highest BCUT2D eigenvalue weighted by Crippen LogP contribution is 2.52. The first-order chi connectivity index (χ1) is 11.7. The van der Waals surface area contributed by atoms with Gasteiger partial charge in [0.15, 0.2) is 0 Å². The molecular weight excluding hydrogens is 330 g/mol. The average Bonchev–Trinajstić information content (AvgIpc) is 2.53. The molecule has 1 aliphatic heterocycles. The molecule has 0 aromatic heterocycles. The molecule has 1 aromatic rings. The van der Waals surface area contributed by atoms with Gasteiger partial charge in [0.25, 0.3) is 5.54 Å². The number of likely N-dealkylation sites (N-methyl/N-ethyl adjacent to an activating group) is 1. The number of benzene rings is 1. The summed E-state index contributed by atoms with van der Waals surface area (Å²) in [7, 11) is 1.52. The standard InChI is InChI=1S/C16H17N3O6/c1-10(20)7-13-15(18(22)23)8-17(2)9-16(13,19(24)25)14(21)11-5-3-4-6-12(11)15/h3-6,13H,7-9H2,1-2H3/t13-,15-,16+/m1/s1. The van der Waals surface area contributed by atoms with Gasteiger partial charge in [0.05, 0.1) is 13.1 Å². The van der Waals surface area contributed by atoms with Crippen LogP contribution in [0.15, 0.2) is 24.3 Å². The van der Waals surface area contributed by atoms with Crippen molar-refractivity contribution in [3.05, 3.63) is 55.6 Å². The van der Waals surface area contributed by atoms with Crippen LogP contribution in [0.5, 0.6) is 0 Å². The largest absolute Gasteiger partial charge is 0.306 e. The van der Waals surface area contributed by atoms with Crippen molar-refractivity contribution in [1.82, 2.24) is 4.90 Å². The minimum Gasteiger partial charge on any atom is -0.300 e. The monoisotopic (exact) mass is 347 g/mol. The Balaban J connectivity index is 2.43. The lowest BCUT2D eigenvalue weighted by Gasteiger charge is -2.50. The van der Waals surface area contributed by atoms with E-state index in [1.807, 2.05) is 0 Å². The number of carbonyl (C=O) groups is 2. The van der Waals surface area contributed by atoms with E-state index in [-0.39, 0.29) is 24.2 Å². The van der Waals surface area contributed by atoms with E-state index in [0.29, 0.717) is 0 Å². The zero-order valence-corrected chi connectivity index (χ0v) is 13.8. The second kappa shape index (κ2) is 5.41. The molecule has 3 atom stereocenters. The zero-order valence-electron chi connectivity index (χ0n) is 13.8. The highest BCUT2D eigenvalue weighted by molar-refractivity contribution is 6.06. The van der Waals surface area contributed by atoms with Crippen molar-refractivity contribution < 1.29 is 19.4 Å². The lowest BCUT2D eigenvalue weighted by molar-refractivity contribution is -0.640. The third-order valence-corrected chi connectivity index (χ3v) is 5.35. The molecule has 1 aliphatic carbocycles. The van der Waals surface area contributed by atoms with Crippen LogP contribution in [0.1, 0.15) is 29.3 Å². The summed E-state index contributed by atoms with van der Waals surface area (Å²) in [4.78, 5) is 49.3. The van der Waals surface area contributed by atoms with Gasteiger partial charge in [0.2, 0.25) is 5.78 Å². The highest BCUT2D eigenvalue weighted by atomic mass is 16.6. The molecule has 2 bridgehead atoms. The predicted octanol–water partition coefficient (Wildman–Crippen LogP) is 0.911. The maximum Gasteiger partial charge on any atom is 0.306 e. The number of ketones is 2. The molecule has 0 unspecified atom stereocenters. The number of hydrogen-bond acceptors (Lipinski definition) is 7. The number of nitrogens with zero attached hydrogens (tertiary/aromatic N) is 3. The van der Waals surface area contributed by atoms with E-state index >= 15 is 0 Å². The number of rotatable bonds is 4. The highest BCUT2D eigenvalue weighted by Gasteiger charge is 2.77. The molecule has 1 fully saturated rings. The van der Waals surface area contributed by atoms with E-state index in [1.54, 1.807) is 6.07 Å². The molecule has 0 spiro atoms. The molecule has 9 heteroatoms. The second-order valence-corrected chi connectivity index (χ2v) is 6.87. The lowest BCUT2D eigenvalue weighted by Crippen LogP contribution is -2.75. The van der Waals surface area contributed by atoms with E-state index in [0.717, 1.165) is 0 Å². The Bertz CT molecular complexity index is 809. The Morgan fingerprint density at radius 3 is 2.32 bits per heavy atom. The van der Waals surface area contributed by atoms with Crippen LogP contribution >= 0.6 is 0 Å². The van der Waals surface area contributed by atoms with Gasteiger partial charge in [-0.25, -0.2) is 0 Å². The second-order valence-electron chi connectivity index (χ2n) is 6.87. The summed E-state index contributed by atoms with van der Waals surface area (Å²) in [6.07, 6.45) is -0.393. The molecule has 0 amide bonds. The van der Waals surface area contributed by atoms with Crippen LogP contribution in [0.3, 0.4) is 0 Å². The first-order valence-electron chi connectivity index (χ1n) is 7.79. The van der Waals surface area contributed by atoms with Crippen molar-refractivity contribution in [3.63, 3.8) is 0 Å². The van der Waals surface area contributed by atoms with E-state index < -0.39 is 44.8 Å². The van der Waals surface area contributed by atoms with Crippen molar-refractivity contribution in [2.24, 2.45) is 5.92 Å². The maximum atomic E-state index is 13.1. The Morgan fingerprint density at radius 2 is 1.76 bits per heavy atom. The predicted molar refractivity (Wildman–Crippen MR) is 85.5 cm³/mol. The van der Waals surface area contributed by atoms with Crippen molar-refractivity contribution in [2.75, 3.05) is 20.1 Å². The Morgan fingerprint density at radius 1 is 1.20 bits per heavy atom. The zero-order chi connectivity index (χ0) is 18.6. The molecule has 0 N–H and O–H groups in total. The molecule has 25 heavy (non-hydrogen) atoms. The fraction of sp³-hybridized carbons (Fsp3) is 0.500. The summed E-state index contributed by atoms with van der Waals surface area (Å²) in [6.45, 7) is 0.865. The van der Waals surface area contributed by atoms with Crippen LogP contribution in [0.25, 0.3) is 0 Å². The maximum absolute atomic E-state index is 13.1. The summed E-state index contributed by atoms with van der Waals surface area (Å²) in [6, 6.07) is 5.95. The smallest absolute Gasteiger partial charge is 0.300 e. The molecule has 3 rings (SSSR count). The van der Waals surface area contributed by atoms with Crippen molar-refractivity contribution in [1.29, 1.82) is 0 Å². The average molecular weight is 347 g/mol. The fourth-order valence-corrected chi connectivity index (χ4v) is 4.47. The van der Waals surface area contributed by atoms with Crippen molar-refractivity contribution >= 4 is 11.6 Å². The third kappa shape index (κ3) is 2.05. The number of Topliss-reactive ketones (excluding diaryl/α,β-unsaturated/α-hetero) is 2. The van der Waals surface area contributed by atoms with E-state index in [2.05, 4.69) is 0 Å². The van der Waals surface area contributed by atoms with E-state index in [4.69, 9.17) is 0 Å². The number of nitro groups is 2. The van der Waals surface area contributed by atoms with Crippen LogP contribution in [-0.4, -0.2) is 52.0 Å². The van der Waals surface area contributed by atoms with Crippen molar-refractivity contribution in [3.8, 4) is 0 Å². The number of hydrogen-bond donors (Lipinski definition) is 0. The SMILES string of the molecule is CC(=O)C[C@H]1[C@@]2([N+](=O)[O-])CN(C)C[C@@]1([N+](=O)[O-])c1ccccc1C2=O. The summed E-state index contributed by atoms with van der Waals surface area (Å²) < 4.78 is 0. The van der Waals surface area contributed by atoms with Gasteiger partial charge in [-0.05, 0) is 14.0 Å². The fourth-order valence-electron chi connectivity index (χ4n) is 4.47. The van der Waals surface area contributed by atoms with Gasteiger partial charge < -0.3 is 4.79 Å². The van der Waals surface area contributed by atoms with E-state index in [9.17, 15) is 29.8 Å². The number of carbonyl (C=O) groups excluding carboxylic acids is 2. The van der Waals surface area contributed by atoms with Crippen LogP contribution in [0.4, 0.5) is 0 Å². The molecular formula is C16H17N3O6. The summed E-state index contributed by atoms with van der Waals surface area (Å²) in [5, 5.41) is 24.2. The first-order valence-corrected chi connectivity index (χ1v) is 7.79. The van der Waals surface area contributed by atoms with Gasteiger partial charge in [0.1, 0.15) is 11.7 Å². The van der Waals surface area contributed by atoms with Gasteiger partial charge >= 0.3 is 5.54 Å². The van der Waals surface area contributed by atoms with Gasteiger partial charge in [-0.15, -0.1) is 0 Å². The molecule has 1 aromatic carbocycles. The Hall–Kier alpha value is -2.68. The molecule has 0 radical (unpaired) electrons. The minimum absolute atomic E-state index is 0.00352. The quantitative estimate of drug-likeness (QED) is 0.585. The van der Waals surface area contributed by atoms with Gasteiger partial charge in [-0.3, -0.25) is 29.9 Å². The summed E-state index contributed by atoms with van der Waals surface area (Å²) >= 11 is 0. The molecule has 0 saturated carbocycles. The van der Waals surface area contributed by atoms with Gasteiger partial charge in [0, 0.05) is 27.4 Å². The molecule has 9 nitrogen and oxygen atoms in total. The molecule has 132 valence electrons. The number of fused-ring (bicyclic) bond motifs is 4. The minimum atomic E-state index is -2.21. The van der Waals surface area contributed by atoms with Crippen molar-refractivity contribution in [2.45, 2.75) is 24.4 Å². The molecule has 2 aliphatic rings. The topological polar surface area (TPSA) is 124 Å². The number of likely N-dealkylation sites (tertiary alicyclic amines) is 1. The van der Waals surface area contributed by atoms with Gasteiger partial charge in [-0.2, -0.15) is 0 Å². The van der Waals surface area contributed by atoms with Crippen LogP contribution < -0.4 is 0 Å². The molecule has 1 heterocycles. The third-order valence-electron chi connectivity index (χ3n) is 5.35. The van der Waals surface area contributed by atoms with Gasteiger partial charge in [-0.1, -0.05) is 24.3 Å². The van der Waals surface area contributed by atoms with Crippen LogP contribution in [-0.2, 0) is 10.3 Å². The van der Waals surface area contributed by atoms with Crippen LogP contribution in [0, 0.1) is 26.1 Å². The Kier molecular flexibility index (Phi) is 3.72. The summed E-state index contributed by atoms with van der Waals surface area (Å²) in [5.74, 6) is -2.51. The first kappa shape index (κ1) is 17.2. The van der Waals surface area contributed by atoms with E-state index in [1.165, 1.54) is 37.1 Å². The molecule has 1 saturated heterocycles. The lowest BCUT2D eigenvalue weighted by atomic mass is 9.56.